The van der Waals surface area contributed by atoms with Crippen LogP contribution < -0.4 is 5.32 Å². The van der Waals surface area contributed by atoms with Gasteiger partial charge in [-0.3, -0.25) is 4.79 Å². The second-order valence-corrected chi connectivity index (χ2v) is 7.16. The molecule has 0 saturated heterocycles. The summed E-state index contributed by atoms with van der Waals surface area (Å²) >= 11 is 6.19. The number of benzene rings is 2. The number of aromatic nitrogens is 2. The van der Waals surface area contributed by atoms with Crippen LogP contribution in [0.3, 0.4) is 0 Å². The van der Waals surface area contributed by atoms with Gasteiger partial charge in [0, 0.05) is 17.0 Å². The maximum Gasteiger partial charge on any atom is 0.182 e. The molecule has 2 heterocycles. The number of hydrogen-bond donors (Lipinski definition) is 1. The Balaban J connectivity index is 1.45. The fourth-order valence-electron chi connectivity index (χ4n) is 3.37. The van der Waals surface area contributed by atoms with Gasteiger partial charge < -0.3 is 5.32 Å². The molecule has 0 atom stereocenters. The van der Waals surface area contributed by atoms with Crippen LogP contribution in [0.15, 0.2) is 36.4 Å². The summed E-state index contributed by atoms with van der Waals surface area (Å²) in [5.74, 6) is 1.70. The van der Waals surface area contributed by atoms with Crippen molar-refractivity contribution in [3.63, 3.8) is 0 Å². The van der Waals surface area contributed by atoms with Gasteiger partial charge in [-0.15, -0.1) is 0 Å². The first-order chi connectivity index (χ1) is 12.6. The van der Waals surface area contributed by atoms with E-state index in [1.807, 2.05) is 25.1 Å². The first kappa shape index (κ1) is 17.0. The van der Waals surface area contributed by atoms with E-state index in [0.29, 0.717) is 6.54 Å². The van der Waals surface area contributed by atoms with Gasteiger partial charge in [0.05, 0.1) is 17.4 Å². The Bertz CT molecular complexity index is 1000. The largest absolute Gasteiger partial charge is 0.362 e. The molecule has 1 aliphatic heterocycles. The first-order valence-corrected chi connectivity index (χ1v) is 9.31. The molecule has 3 aromatic rings. The number of hydrogen-bond acceptors (Lipinski definition) is 4. The third-order valence-electron chi connectivity index (χ3n) is 4.84. The summed E-state index contributed by atoms with van der Waals surface area (Å²) in [5, 5.41) is 4.81. The molecule has 0 spiro atoms. The van der Waals surface area contributed by atoms with Crippen molar-refractivity contribution >= 4 is 34.1 Å². The highest BCUT2D eigenvalue weighted by molar-refractivity contribution is 6.31. The summed E-state index contributed by atoms with van der Waals surface area (Å²) in [6, 6.07) is 11.9. The molecule has 1 aromatic heterocycles. The number of rotatable bonds is 5. The van der Waals surface area contributed by atoms with E-state index in [1.54, 1.807) is 0 Å². The molecule has 0 bridgehead atoms. The molecule has 1 aliphatic rings. The highest BCUT2D eigenvalue weighted by Gasteiger charge is 2.20. The van der Waals surface area contributed by atoms with Gasteiger partial charge in [0.1, 0.15) is 11.6 Å². The molecule has 0 amide bonds. The van der Waals surface area contributed by atoms with Crippen molar-refractivity contribution in [2.75, 3.05) is 11.9 Å². The number of halogens is 1. The van der Waals surface area contributed by atoms with Crippen LogP contribution in [-0.4, -0.2) is 22.3 Å². The van der Waals surface area contributed by atoms with Crippen molar-refractivity contribution < 1.29 is 4.79 Å². The fourth-order valence-corrected chi connectivity index (χ4v) is 3.57. The minimum Gasteiger partial charge on any atom is -0.362 e. The Labute approximate surface area is 157 Å². The molecule has 4 nitrogen and oxygen atoms in total. The zero-order valence-electron chi connectivity index (χ0n) is 14.7. The first-order valence-electron chi connectivity index (χ1n) is 8.93. The lowest BCUT2D eigenvalue weighted by atomic mass is 10.0. The lowest BCUT2D eigenvalue weighted by Gasteiger charge is -2.17. The highest BCUT2D eigenvalue weighted by Crippen LogP contribution is 2.28. The van der Waals surface area contributed by atoms with Crippen LogP contribution >= 0.6 is 11.6 Å². The van der Waals surface area contributed by atoms with Gasteiger partial charge in [-0.05, 0) is 49.4 Å². The zero-order valence-corrected chi connectivity index (χ0v) is 15.4. The molecular formula is C21H20ClN3O. The Morgan fingerprint density at radius 3 is 2.81 bits per heavy atom. The number of nitrogens with zero attached hydrogens (tertiary/aromatic N) is 2. The average molecular weight is 366 g/mol. The molecule has 1 N–H and O–H groups in total. The summed E-state index contributed by atoms with van der Waals surface area (Å²) in [4.78, 5) is 21.3. The molecule has 0 unspecified atom stereocenters. The van der Waals surface area contributed by atoms with E-state index in [0.717, 1.165) is 64.4 Å². The maximum absolute atomic E-state index is 12.0. The average Bonchev–Trinajstić information content (AvgIpc) is 2.64. The number of carbonyl (C=O) groups excluding carboxylic acids is 1. The van der Waals surface area contributed by atoms with Crippen molar-refractivity contribution in [3.05, 3.63) is 63.9 Å². The van der Waals surface area contributed by atoms with Crippen LogP contribution in [0, 0.1) is 6.92 Å². The molecule has 4 rings (SSSR count). The number of unbranched alkanes of at least 4 members (excludes halogenated alkanes) is 1. The zero-order chi connectivity index (χ0) is 18.1. The molecule has 0 fully saturated rings. The maximum atomic E-state index is 12.0. The third kappa shape index (κ3) is 3.29. The van der Waals surface area contributed by atoms with Gasteiger partial charge in [0.15, 0.2) is 5.78 Å². The lowest BCUT2D eigenvalue weighted by Crippen LogP contribution is -2.21. The molecule has 0 aliphatic carbocycles. The number of carbonyl (C=O) groups is 1. The number of aryl methyl sites for hydroxylation is 3. The van der Waals surface area contributed by atoms with Crippen molar-refractivity contribution in [2.45, 2.75) is 32.6 Å². The minimum absolute atomic E-state index is 0.0937. The molecule has 5 heteroatoms. The molecule has 132 valence electrons. The van der Waals surface area contributed by atoms with Crippen LogP contribution in [0.2, 0.25) is 5.02 Å². The predicted octanol–water partition coefficient (Wildman–Crippen LogP) is 4.77. The molecule has 26 heavy (non-hydrogen) atoms. The van der Waals surface area contributed by atoms with E-state index in [2.05, 4.69) is 33.5 Å². The van der Waals surface area contributed by atoms with Gasteiger partial charge in [-0.1, -0.05) is 35.9 Å². The normalized spacial score (nSPS) is 13.1. The second-order valence-electron chi connectivity index (χ2n) is 6.76. The molecule has 2 aromatic carbocycles. The van der Waals surface area contributed by atoms with Crippen LogP contribution in [0.5, 0.6) is 0 Å². The Morgan fingerprint density at radius 2 is 1.96 bits per heavy atom. The SMILES string of the molecule is Cc1ccc(CCCCc2nc3c4c(cccc4n2)C(=O)CN3)cc1Cl. The van der Waals surface area contributed by atoms with E-state index in [-0.39, 0.29) is 5.78 Å². The van der Waals surface area contributed by atoms with E-state index in [9.17, 15) is 4.79 Å². The third-order valence-corrected chi connectivity index (χ3v) is 5.25. The van der Waals surface area contributed by atoms with Gasteiger partial charge >= 0.3 is 0 Å². The topological polar surface area (TPSA) is 54.9 Å². The highest BCUT2D eigenvalue weighted by atomic mass is 35.5. The van der Waals surface area contributed by atoms with Crippen molar-refractivity contribution in [1.82, 2.24) is 9.97 Å². The smallest absolute Gasteiger partial charge is 0.182 e. The molecular weight excluding hydrogens is 346 g/mol. The summed E-state index contributed by atoms with van der Waals surface area (Å²) in [7, 11) is 0. The number of ketones is 1. The van der Waals surface area contributed by atoms with Crippen LogP contribution in [0.4, 0.5) is 5.82 Å². The molecule has 0 radical (unpaired) electrons. The fraction of sp³-hybridized carbons (Fsp3) is 0.286. The number of Topliss-reactive ketones (excluding diaryl/α,β-unsaturated/α-hetero) is 1. The summed E-state index contributed by atoms with van der Waals surface area (Å²) in [6.07, 6.45) is 3.89. The monoisotopic (exact) mass is 365 g/mol. The van der Waals surface area contributed by atoms with Gasteiger partial charge in [0.25, 0.3) is 0 Å². The lowest BCUT2D eigenvalue weighted by molar-refractivity contribution is 0.101. The van der Waals surface area contributed by atoms with Crippen molar-refractivity contribution in [2.24, 2.45) is 0 Å². The predicted molar refractivity (Wildman–Crippen MR) is 105 cm³/mol. The summed E-state index contributed by atoms with van der Waals surface area (Å²) < 4.78 is 0. The van der Waals surface area contributed by atoms with E-state index in [1.165, 1.54) is 5.56 Å². The van der Waals surface area contributed by atoms with Gasteiger partial charge in [0.2, 0.25) is 0 Å². The standard InChI is InChI=1S/C21H20ClN3O/c1-13-9-10-14(11-16(13)22)5-2-3-8-19-24-17-7-4-6-15-18(26)12-23-21(25-19)20(15)17/h4,6-7,9-11H,2-3,5,8,12H2,1H3,(H,23,24,25). The Morgan fingerprint density at radius 1 is 1.12 bits per heavy atom. The minimum atomic E-state index is 0.0937. The van der Waals surface area contributed by atoms with Crippen LogP contribution in [0.25, 0.3) is 10.9 Å². The van der Waals surface area contributed by atoms with E-state index < -0.39 is 0 Å². The van der Waals surface area contributed by atoms with Crippen molar-refractivity contribution in [1.29, 1.82) is 0 Å². The van der Waals surface area contributed by atoms with Crippen molar-refractivity contribution in [3.8, 4) is 0 Å². The van der Waals surface area contributed by atoms with E-state index >= 15 is 0 Å². The van der Waals surface area contributed by atoms with E-state index in [4.69, 9.17) is 11.6 Å². The quantitative estimate of drug-likeness (QED) is 0.662. The Hall–Kier alpha value is -2.46. The van der Waals surface area contributed by atoms with Crippen LogP contribution in [-0.2, 0) is 12.8 Å². The summed E-state index contributed by atoms with van der Waals surface area (Å²) in [6.45, 7) is 2.32. The number of nitrogens with one attached hydrogen (secondary N) is 1. The molecule has 0 saturated carbocycles. The number of anilines is 1. The van der Waals surface area contributed by atoms with Gasteiger partial charge in [-0.2, -0.15) is 0 Å². The van der Waals surface area contributed by atoms with Gasteiger partial charge in [-0.25, -0.2) is 9.97 Å². The Kier molecular flexibility index (Phi) is 4.60. The van der Waals surface area contributed by atoms with Crippen LogP contribution in [0.1, 0.15) is 40.2 Å². The summed E-state index contributed by atoms with van der Waals surface area (Å²) in [5.41, 5.74) is 3.94. The second kappa shape index (κ2) is 7.04.